The predicted molar refractivity (Wildman–Crippen MR) is 113 cm³/mol. The molecule has 1 heterocycles. The molecule has 1 aromatic heterocycles. The van der Waals surface area contributed by atoms with E-state index in [4.69, 9.17) is 18.6 Å². The number of amides is 2. The molecule has 2 N–H and O–H groups in total. The summed E-state index contributed by atoms with van der Waals surface area (Å²) in [5, 5.41) is 0. The average Bonchev–Trinajstić information content (AvgIpc) is 3.27. The Kier molecular flexibility index (Phi) is 7.53. The first-order valence-corrected chi connectivity index (χ1v) is 9.87. The van der Waals surface area contributed by atoms with Crippen LogP contribution in [0.2, 0.25) is 0 Å². The molecule has 31 heavy (non-hydrogen) atoms. The minimum Gasteiger partial charge on any atom is -0.490 e. The van der Waals surface area contributed by atoms with E-state index in [9.17, 15) is 9.59 Å². The Morgan fingerprint density at radius 2 is 1.52 bits per heavy atom. The SMILES string of the molecule is CCOc1ccc(C(=O)NNC(=O)c2ccc(COc3ccccc3)o2)cc1OCC. The molecule has 3 rings (SSSR count). The molecule has 2 aromatic carbocycles. The molecule has 0 fully saturated rings. The quantitative estimate of drug-likeness (QED) is 0.508. The number of para-hydroxylation sites is 1. The van der Waals surface area contributed by atoms with Crippen molar-refractivity contribution >= 4 is 11.8 Å². The van der Waals surface area contributed by atoms with Gasteiger partial charge in [-0.15, -0.1) is 0 Å². The van der Waals surface area contributed by atoms with Crippen LogP contribution >= 0.6 is 0 Å². The van der Waals surface area contributed by atoms with Gasteiger partial charge in [-0.1, -0.05) is 18.2 Å². The van der Waals surface area contributed by atoms with Crippen molar-refractivity contribution in [3.8, 4) is 17.2 Å². The van der Waals surface area contributed by atoms with Crippen molar-refractivity contribution in [3.63, 3.8) is 0 Å². The Morgan fingerprint density at radius 3 is 2.26 bits per heavy atom. The zero-order valence-corrected chi connectivity index (χ0v) is 17.3. The number of benzene rings is 2. The summed E-state index contributed by atoms with van der Waals surface area (Å²) in [5.74, 6) is 1.14. The van der Waals surface area contributed by atoms with Gasteiger partial charge in [-0.3, -0.25) is 20.4 Å². The van der Waals surface area contributed by atoms with Gasteiger partial charge < -0.3 is 18.6 Å². The monoisotopic (exact) mass is 424 g/mol. The van der Waals surface area contributed by atoms with Crippen molar-refractivity contribution in [2.75, 3.05) is 13.2 Å². The van der Waals surface area contributed by atoms with Crippen LogP contribution in [-0.4, -0.2) is 25.0 Å². The molecular formula is C23H24N2O6. The Balaban J connectivity index is 1.55. The van der Waals surface area contributed by atoms with Crippen LogP contribution in [0.4, 0.5) is 0 Å². The molecule has 2 amide bonds. The van der Waals surface area contributed by atoms with Gasteiger partial charge in [0.05, 0.1) is 13.2 Å². The molecule has 0 saturated heterocycles. The maximum Gasteiger partial charge on any atom is 0.305 e. The molecule has 162 valence electrons. The molecule has 0 saturated carbocycles. The molecule has 0 aliphatic rings. The van der Waals surface area contributed by atoms with E-state index in [0.29, 0.717) is 41.8 Å². The number of ether oxygens (including phenoxy) is 3. The lowest BCUT2D eigenvalue weighted by atomic mass is 10.2. The summed E-state index contributed by atoms with van der Waals surface area (Å²) < 4.78 is 22.1. The number of furan rings is 1. The summed E-state index contributed by atoms with van der Waals surface area (Å²) in [4.78, 5) is 24.7. The summed E-state index contributed by atoms with van der Waals surface area (Å²) in [5.41, 5.74) is 5.00. The van der Waals surface area contributed by atoms with Crippen molar-refractivity contribution in [1.29, 1.82) is 0 Å². The maximum absolute atomic E-state index is 12.4. The summed E-state index contributed by atoms with van der Waals surface area (Å²) in [7, 11) is 0. The highest BCUT2D eigenvalue weighted by Gasteiger charge is 2.15. The lowest BCUT2D eigenvalue weighted by Crippen LogP contribution is -2.41. The fourth-order valence-electron chi connectivity index (χ4n) is 2.69. The number of hydrazine groups is 1. The lowest BCUT2D eigenvalue weighted by Gasteiger charge is -2.12. The van der Waals surface area contributed by atoms with E-state index in [0.717, 1.165) is 0 Å². The van der Waals surface area contributed by atoms with Gasteiger partial charge in [0.1, 0.15) is 18.1 Å². The molecule has 0 atom stereocenters. The maximum atomic E-state index is 12.4. The van der Waals surface area contributed by atoms with Crippen LogP contribution in [0.25, 0.3) is 0 Å². The van der Waals surface area contributed by atoms with Crippen LogP contribution < -0.4 is 25.1 Å². The number of rotatable bonds is 9. The van der Waals surface area contributed by atoms with Crippen molar-refractivity contribution in [1.82, 2.24) is 10.9 Å². The van der Waals surface area contributed by atoms with Gasteiger partial charge in [-0.05, 0) is 56.3 Å². The Morgan fingerprint density at radius 1 is 0.806 bits per heavy atom. The number of carbonyl (C=O) groups excluding carboxylic acids is 2. The minimum atomic E-state index is -0.588. The average molecular weight is 424 g/mol. The molecule has 8 nitrogen and oxygen atoms in total. The Bertz CT molecular complexity index is 1020. The summed E-state index contributed by atoms with van der Waals surface area (Å²) in [6.07, 6.45) is 0. The second-order valence-corrected chi connectivity index (χ2v) is 6.30. The van der Waals surface area contributed by atoms with Gasteiger partial charge in [-0.2, -0.15) is 0 Å². The van der Waals surface area contributed by atoms with Gasteiger partial charge in [0.15, 0.2) is 17.3 Å². The first-order chi connectivity index (χ1) is 15.1. The van der Waals surface area contributed by atoms with Crippen LogP contribution in [0.1, 0.15) is 40.5 Å². The third-order valence-electron chi connectivity index (χ3n) is 4.10. The van der Waals surface area contributed by atoms with Crippen LogP contribution in [0.5, 0.6) is 17.2 Å². The highest BCUT2D eigenvalue weighted by atomic mass is 16.5. The number of hydrogen-bond donors (Lipinski definition) is 2. The van der Waals surface area contributed by atoms with Crippen molar-refractivity contribution in [2.45, 2.75) is 20.5 Å². The third-order valence-corrected chi connectivity index (χ3v) is 4.10. The van der Waals surface area contributed by atoms with Crippen molar-refractivity contribution in [3.05, 3.63) is 77.7 Å². The van der Waals surface area contributed by atoms with E-state index in [1.807, 2.05) is 44.2 Å². The molecule has 3 aromatic rings. The normalized spacial score (nSPS) is 10.3. The van der Waals surface area contributed by atoms with Crippen LogP contribution in [0, 0.1) is 0 Å². The van der Waals surface area contributed by atoms with Gasteiger partial charge in [0, 0.05) is 5.56 Å². The molecule has 0 bridgehead atoms. The topological polar surface area (TPSA) is 99.0 Å². The van der Waals surface area contributed by atoms with Crippen LogP contribution in [-0.2, 0) is 6.61 Å². The number of nitrogens with one attached hydrogen (secondary N) is 2. The van der Waals surface area contributed by atoms with E-state index < -0.39 is 11.8 Å². The number of carbonyl (C=O) groups is 2. The van der Waals surface area contributed by atoms with E-state index >= 15 is 0 Å². The molecular weight excluding hydrogens is 400 g/mol. The van der Waals surface area contributed by atoms with E-state index in [-0.39, 0.29) is 12.4 Å². The molecule has 0 spiro atoms. The van der Waals surface area contributed by atoms with Crippen LogP contribution in [0.3, 0.4) is 0 Å². The zero-order valence-electron chi connectivity index (χ0n) is 17.3. The molecule has 0 aliphatic carbocycles. The molecule has 8 heteroatoms. The number of hydrogen-bond acceptors (Lipinski definition) is 6. The molecule has 0 radical (unpaired) electrons. The van der Waals surface area contributed by atoms with Gasteiger partial charge in [0.25, 0.3) is 5.91 Å². The van der Waals surface area contributed by atoms with E-state index in [2.05, 4.69) is 10.9 Å². The van der Waals surface area contributed by atoms with Gasteiger partial charge in [0.2, 0.25) is 0 Å². The smallest absolute Gasteiger partial charge is 0.305 e. The second kappa shape index (κ2) is 10.7. The standard InChI is InChI=1S/C23H24N2O6/c1-3-28-19-12-10-16(14-21(19)29-4-2)22(26)24-25-23(27)20-13-11-18(31-20)15-30-17-8-6-5-7-9-17/h5-14H,3-4,15H2,1-2H3,(H,24,26)(H,25,27). The van der Waals surface area contributed by atoms with E-state index in [1.165, 1.54) is 6.07 Å². The van der Waals surface area contributed by atoms with Crippen LogP contribution in [0.15, 0.2) is 65.1 Å². The van der Waals surface area contributed by atoms with E-state index in [1.54, 1.807) is 24.3 Å². The largest absolute Gasteiger partial charge is 0.490 e. The minimum absolute atomic E-state index is 0.0497. The predicted octanol–water partition coefficient (Wildman–Crippen LogP) is 3.73. The van der Waals surface area contributed by atoms with Gasteiger partial charge >= 0.3 is 5.91 Å². The lowest BCUT2D eigenvalue weighted by molar-refractivity contribution is 0.0828. The van der Waals surface area contributed by atoms with Crippen molar-refractivity contribution < 1.29 is 28.2 Å². The zero-order chi connectivity index (χ0) is 22.1. The third kappa shape index (κ3) is 6.02. The highest BCUT2D eigenvalue weighted by molar-refractivity contribution is 5.98. The Labute approximate surface area is 180 Å². The summed E-state index contributed by atoms with van der Waals surface area (Å²) >= 11 is 0. The molecule has 0 unspecified atom stereocenters. The summed E-state index contributed by atoms with van der Waals surface area (Å²) in [6, 6.07) is 17.2. The highest BCUT2D eigenvalue weighted by Crippen LogP contribution is 2.28. The first kappa shape index (κ1) is 21.8. The second-order valence-electron chi connectivity index (χ2n) is 6.30. The first-order valence-electron chi connectivity index (χ1n) is 9.87. The summed E-state index contributed by atoms with van der Waals surface area (Å²) in [6.45, 7) is 4.78. The fourth-order valence-corrected chi connectivity index (χ4v) is 2.69. The Hall–Kier alpha value is -3.94. The fraction of sp³-hybridized carbons (Fsp3) is 0.217. The van der Waals surface area contributed by atoms with Crippen molar-refractivity contribution in [2.24, 2.45) is 0 Å². The molecule has 0 aliphatic heterocycles. The van der Waals surface area contributed by atoms with Gasteiger partial charge in [-0.25, -0.2) is 0 Å².